The highest BCUT2D eigenvalue weighted by molar-refractivity contribution is 5.86. The Balaban J connectivity index is 2.80. The Morgan fingerprint density at radius 3 is 3.08 bits per heavy atom. The van der Waals surface area contributed by atoms with Crippen molar-refractivity contribution in [2.45, 2.75) is 13.3 Å². The lowest BCUT2D eigenvalue weighted by Gasteiger charge is -1.92. The van der Waals surface area contributed by atoms with E-state index in [0.29, 0.717) is 5.52 Å². The zero-order chi connectivity index (χ0) is 8.55. The number of hydrogen-bond donors (Lipinski definition) is 2. The molecule has 0 bridgehead atoms. The smallest absolute Gasteiger partial charge is 0.143 e. The molecule has 2 rings (SSSR count). The van der Waals surface area contributed by atoms with Crippen molar-refractivity contribution in [2.75, 3.05) is 0 Å². The average Bonchev–Trinajstić information content (AvgIpc) is 2.49. The minimum Gasteiger partial charge on any atom is -0.506 e. The van der Waals surface area contributed by atoms with E-state index in [1.807, 2.05) is 12.1 Å². The van der Waals surface area contributed by atoms with Crippen molar-refractivity contribution in [3.05, 3.63) is 23.9 Å². The Bertz CT molecular complexity index is 406. The van der Waals surface area contributed by atoms with E-state index in [4.69, 9.17) is 0 Å². The predicted octanol–water partition coefficient (Wildman–Crippen LogP) is 1.83. The molecule has 12 heavy (non-hydrogen) atoms. The number of phenolic OH excluding ortho intramolecular Hbond substituents is 1. The predicted molar refractivity (Wildman–Crippen MR) is 47.1 cm³/mol. The van der Waals surface area contributed by atoms with Crippen molar-refractivity contribution in [3.8, 4) is 5.75 Å². The zero-order valence-electron chi connectivity index (χ0n) is 6.83. The number of hydrogen-bond acceptors (Lipinski definition) is 2. The number of benzene rings is 1. The lowest BCUT2D eigenvalue weighted by Crippen LogP contribution is -1.78. The summed E-state index contributed by atoms with van der Waals surface area (Å²) in [4.78, 5) is 0. The van der Waals surface area contributed by atoms with Gasteiger partial charge in [0.1, 0.15) is 11.3 Å². The largest absolute Gasteiger partial charge is 0.506 e. The molecular formula is C9H10N2O. The SMILES string of the molecule is CCc1[nH]nc2c(O)cccc12. The number of H-pyrrole nitrogens is 1. The second-order valence-electron chi connectivity index (χ2n) is 2.73. The van der Waals surface area contributed by atoms with Gasteiger partial charge in [-0.05, 0) is 12.5 Å². The molecule has 0 fully saturated rings. The fourth-order valence-corrected chi connectivity index (χ4v) is 1.35. The highest BCUT2D eigenvalue weighted by Gasteiger charge is 2.05. The van der Waals surface area contributed by atoms with Crippen LogP contribution >= 0.6 is 0 Å². The average molecular weight is 162 g/mol. The number of phenols is 1. The van der Waals surface area contributed by atoms with E-state index in [0.717, 1.165) is 17.5 Å². The van der Waals surface area contributed by atoms with E-state index < -0.39 is 0 Å². The van der Waals surface area contributed by atoms with Gasteiger partial charge in [0.25, 0.3) is 0 Å². The van der Waals surface area contributed by atoms with Crippen LogP contribution in [0.2, 0.25) is 0 Å². The first-order valence-corrected chi connectivity index (χ1v) is 3.98. The summed E-state index contributed by atoms with van der Waals surface area (Å²) in [5.41, 5.74) is 1.73. The van der Waals surface area contributed by atoms with Crippen LogP contribution in [-0.4, -0.2) is 15.3 Å². The summed E-state index contributed by atoms with van der Waals surface area (Å²) in [6.07, 6.45) is 0.903. The fourth-order valence-electron chi connectivity index (χ4n) is 1.35. The third kappa shape index (κ3) is 0.863. The normalized spacial score (nSPS) is 10.8. The van der Waals surface area contributed by atoms with Crippen molar-refractivity contribution in [2.24, 2.45) is 0 Å². The second-order valence-corrected chi connectivity index (χ2v) is 2.73. The summed E-state index contributed by atoms with van der Waals surface area (Å²) in [6, 6.07) is 5.42. The van der Waals surface area contributed by atoms with Crippen LogP contribution in [0.15, 0.2) is 18.2 Å². The van der Waals surface area contributed by atoms with Crippen LogP contribution in [0.4, 0.5) is 0 Å². The number of fused-ring (bicyclic) bond motifs is 1. The maximum absolute atomic E-state index is 9.40. The monoisotopic (exact) mass is 162 g/mol. The van der Waals surface area contributed by atoms with Crippen molar-refractivity contribution in [1.29, 1.82) is 0 Å². The Kier molecular flexibility index (Phi) is 1.50. The Labute approximate surface area is 70.0 Å². The summed E-state index contributed by atoms with van der Waals surface area (Å²) in [5.74, 6) is 0.239. The second kappa shape index (κ2) is 2.52. The molecule has 0 unspecified atom stereocenters. The summed E-state index contributed by atoms with van der Waals surface area (Å²) in [7, 11) is 0. The van der Waals surface area contributed by atoms with Gasteiger partial charge in [-0.1, -0.05) is 19.1 Å². The number of rotatable bonds is 1. The third-order valence-electron chi connectivity index (χ3n) is 2.00. The molecular weight excluding hydrogens is 152 g/mol. The fraction of sp³-hybridized carbons (Fsp3) is 0.222. The van der Waals surface area contributed by atoms with E-state index in [-0.39, 0.29) is 5.75 Å². The maximum Gasteiger partial charge on any atom is 0.143 e. The molecule has 0 saturated heterocycles. The minimum absolute atomic E-state index is 0.239. The number of aromatic hydroxyl groups is 1. The number of aromatic amines is 1. The van der Waals surface area contributed by atoms with Crippen molar-refractivity contribution in [1.82, 2.24) is 10.2 Å². The van der Waals surface area contributed by atoms with Crippen LogP contribution in [0.5, 0.6) is 5.75 Å². The molecule has 0 radical (unpaired) electrons. The molecule has 0 amide bonds. The molecule has 3 heteroatoms. The maximum atomic E-state index is 9.40. The van der Waals surface area contributed by atoms with E-state index in [1.165, 1.54) is 0 Å². The standard InChI is InChI=1S/C9H10N2O/c1-2-7-6-4-3-5-8(12)9(6)11-10-7/h3-5,12H,2H2,1H3,(H,10,11). The molecule has 62 valence electrons. The van der Waals surface area contributed by atoms with Gasteiger partial charge in [0.15, 0.2) is 0 Å². The summed E-state index contributed by atoms with van der Waals surface area (Å²) < 4.78 is 0. The van der Waals surface area contributed by atoms with Gasteiger partial charge < -0.3 is 5.11 Å². The van der Waals surface area contributed by atoms with Crippen LogP contribution in [0.1, 0.15) is 12.6 Å². The first-order chi connectivity index (χ1) is 5.83. The van der Waals surface area contributed by atoms with E-state index >= 15 is 0 Å². The lowest BCUT2D eigenvalue weighted by molar-refractivity contribution is 0.480. The quantitative estimate of drug-likeness (QED) is 0.672. The zero-order valence-corrected chi connectivity index (χ0v) is 6.83. The topological polar surface area (TPSA) is 48.9 Å². The molecule has 2 N–H and O–H groups in total. The molecule has 0 aliphatic rings. The molecule has 3 nitrogen and oxygen atoms in total. The number of aryl methyl sites for hydroxylation is 1. The Hall–Kier alpha value is -1.51. The van der Waals surface area contributed by atoms with Crippen LogP contribution in [0.3, 0.4) is 0 Å². The molecule has 2 aromatic rings. The molecule has 1 heterocycles. The third-order valence-corrected chi connectivity index (χ3v) is 2.00. The first-order valence-electron chi connectivity index (χ1n) is 3.98. The summed E-state index contributed by atoms with van der Waals surface area (Å²) in [6.45, 7) is 2.05. The number of para-hydroxylation sites is 1. The van der Waals surface area contributed by atoms with Crippen molar-refractivity contribution >= 4 is 10.9 Å². The highest BCUT2D eigenvalue weighted by atomic mass is 16.3. The van der Waals surface area contributed by atoms with E-state index in [9.17, 15) is 5.11 Å². The van der Waals surface area contributed by atoms with Crippen molar-refractivity contribution < 1.29 is 5.11 Å². The molecule has 1 aromatic heterocycles. The van der Waals surface area contributed by atoms with Gasteiger partial charge in [-0.15, -0.1) is 0 Å². The van der Waals surface area contributed by atoms with Gasteiger partial charge in [0, 0.05) is 11.1 Å². The van der Waals surface area contributed by atoms with Crippen LogP contribution < -0.4 is 0 Å². The molecule has 0 aliphatic carbocycles. The lowest BCUT2D eigenvalue weighted by atomic mass is 10.2. The number of aromatic nitrogens is 2. The molecule has 0 spiro atoms. The molecule has 0 saturated carbocycles. The van der Waals surface area contributed by atoms with E-state index in [1.54, 1.807) is 6.07 Å². The molecule has 1 aromatic carbocycles. The van der Waals surface area contributed by atoms with Gasteiger partial charge in [-0.2, -0.15) is 5.10 Å². The van der Waals surface area contributed by atoms with Gasteiger partial charge in [-0.25, -0.2) is 0 Å². The molecule has 0 aliphatic heterocycles. The van der Waals surface area contributed by atoms with E-state index in [2.05, 4.69) is 17.1 Å². The first kappa shape index (κ1) is 7.16. The van der Waals surface area contributed by atoms with Gasteiger partial charge in [-0.3, -0.25) is 5.10 Å². The number of nitrogens with zero attached hydrogens (tertiary/aromatic N) is 1. The number of nitrogens with one attached hydrogen (secondary N) is 1. The Morgan fingerprint density at radius 2 is 2.33 bits per heavy atom. The molecule has 0 atom stereocenters. The van der Waals surface area contributed by atoms with Gasteiger partial charge in [0.2, 0.25) is 0 Å². The van der Waals surface area contributed by atoms with Gasteiger partial charge in [0.05, 0.1) is 0 Å². The minimum atomic E-state index is 0.239. The van der Waals surface area contributed by atoms with Crippen molar-refractivity contribution in [3.63, 3.8) is 0 Å². The van der Waals surface area contributed by atoms with Gasteiger partial charge >= 0.3 is 0 Å². The summed E-state index contributed by atoms with van der Waals surface area (Å²) >= 11 is 0. The summed E-state index contributed by atoms with van der Waals surface area (Å²) in [5, 5.41) is 17.3. The van der Waals surface area contributed by atoms with Crippen LogP contribution in [0, 0.1) is 0 Å². The Morgan fingerprint density at radius 1 is 1.50 bits per heavy atom. The van der Waals surface area contributed by atoms with Crippen LogP contribution in [0.25, 0.3) is 10.9 Å². The highest BCUT2D eigenvalue weighted by Crippen LogP contribution is 2.24. The van der Waals surface area contributed by atoms with Crippen LogP contribution in [-0.2, 0) is 6.42 Å².